The fourth-order valence-corrected chi connectivity index (χ4v) is 3.21. The molecule has 0 unspecified atom stereocenters. The molecule has 1 rings (SSSR count). The molecular formula is C22H31BrF2O4. The largest absolute Gasteiger partial charge is 0.466 e. The predicted octanol–water partition coefficient (Wildman–Crippen LogP) is 6.62. The van der Waals surface area contributed by atoms with Gasteiger partial charge in [-0.1, -0.05) is 67.8 Å². The second-order valence-corrected chi connectivity index (χ2v) is 7.97. The first-order valence-electron chi connectivity index (χ1n) is 10.4. The number of benzene rings is 1. The highest BCUT2D eigenvalue weighted by Gasteiger charge is 2.13. The van der Waals surface area contributed by atoms with Gasteiger partial charge in [-0.25, -0.2) is 8.78 Å². The Morgan fingerprint density at radius 3 is 1.93 bits per heavy atom. The molecule has 0 radical (unpaired) electrons. The average Bonchev–Trinajstić information content (AvgIpc) is 2.66. The Morgan fingerprint density at radius 2 is 1.34 bits per heavy atom. The molecule has 0 fully saturated rings. The Kier molecular flexibility index (Phi) is 13.5. The number of rotatable bonds is 15. The van der Waals surface area contributed by atoms with Crippen molar-refractivity contribution in [1.82, 2.24) is 0 Å². The van der Waals surface area contributed by atoms with Crippen LogP contribution in [-0.2, 0) is 25.7 Å². The van der Waals surface area contributed by atoms with E-state index in [1.54, 1.807) is 0 Å². The molecule has 4 nitrogen and oxygen atoms in total. The smallest absolute Gasteiger partial charge is 0.306 e. The highest BCUT2D eigenvalue weighted by molar-refractivity contribution is 9.10. The molecule has 29 heavy (non-hydrogen) atoms. The van der Waals surface area contributed by atoms with Gasteiger partial charge >= 0.3 is 11.9 Å². The number of esters is 2. The van der Waals surface area contributed by atoms with Crippen molar-refractivity contribution in [2.45, 2.75) is 84.2 Å². The van der Waals surface area contributed by atoms with Crippen LogP contribution in [0.3, 0.4) is 0 Å². The molecule has 7 heteroatoms. The molecule has 0 saturated carbocycles. The molecule has 0 aromatic heterocycles. The maximum absolute atomic E-state index is 13.7. The lowest BCUT2D eigenvalue weighted by molar-refractivity contribution is -0.146. The minimum Gasteiger partial charge on any atom is -0.466 e. The summed E-state index contributed by atoms with van der Waals surface area (Å²) in [6.07, 6.45) is 9.78. The summed E-state index contributed by atoms with van der Waals surface area (Å²) in [6, 6.07) is 2.21. The van der Waals surface area contributed by atoms with Gasteiger partial charge in [0.1, 0.15) is 18.2 Å². The topological polar surface area (TPSA) is 52.6 Å². The van der Waals surface area contributed by atoms with Gasteiger partial charge < -0.3 is 9.47 Å². The molecule has 0 saturated heterocycles. The van der Waals surface area contributed by atoms with Gasteiger partial charge in [-0.15, -0.1) is 0 Å². The lowest BCUT2D eigenvalue weighted by Gasteiger charge is -2.08. The summed E-state index contributed by atoms with van der Waals surface area (Å²) in [6.45, 7) is 2.12. The maximum atomic E-state index is 13.7. The molecule has 1 aromatic rings. The van der Waals surface area contributed by atoms with Crippen molar-refractivity contribution < 1.29 is 27.8 Å². The van der Waals surface area contributed by atoms with Crippen molar-refractivity contribution in [1.29, 1.82) is 0 Å². The quantitative estimate of drug-likeness (QED) is 0.210. The molecule has 0 aliphatic rings. The Morgan fingerprint density at radius 1 is 0.828 bits per heavy atom. The van der Waals surface area contributed by atoms with E-state index in [2.05, 4.69) is 22.9 Å². The first kappa shape index (κ1) is 25.5. The molecule has 0 atom stereocenters. The Bertz CT molecular complexity index is 614. The van der Waals surface area contributed by atoms with E-state index in [4.69, 9.17) is 9.47 Å². The third-order valence-corrected chi connectivity index (χ3v) is 4.96. The van der Waals surface area contributed by atoms with Crippen LogP contribution >= 0.6 is 15.9 Å². The summed E-state index contributed by atoms with van der Waals surface area (Å²) in [7, 11) is 0. The van der Waals surface area contributed by atoms with Crippen molar-refractivity contribution >= 4 is 27.9 Å². The van der Waals surface area contributed by atoms with Crippen LogP contribution in [0.2, 0.25) is 0 Å². The third-order valence-electron chi connectivity index (χ3n) is 4.51. The molecule has 1 aromatic carbocycles. The van der Waals surface area contributed by atoms with Crippen LogP contribution < -0.4 is 0 Å². The van der Waals surface area contributed by atoms with E-state index in [1.807, 2.05) is 0 Å². The summed E-state index contributed by atoms with van der Waals surface area (Å²) in [5, 5.41) is 0. The van der Waals surface area contributed by atoms with Crippen LogP contribution in [-0.4, -0.2) is 18.5 Å². The number of ether oxygens (including phenoxy) is 2. The van der Waals surface area contributed by atoms with Gasteiger partial charge in [-0.2, -0.15) is 0 Å². The zero-order valence-electron chi connectivity index (χ0n) is 17.1. The van der Waals surface area contributed by atoms with E-state index in [0.717, 1.165) is 31.4 Å². The van der Waals surface area contributed by atoms with E-state index in [-0.39, 0.29) is 35.3 Å². The van der Waals surface area contributed by atoms with E-state index in [0.29, 0.717) is 6.61 Å². The molecular weight excluding hydrogens is 446 g/mol. The Labute approximate surface area is 180 Å². The number of hydrogen-bond donors (Lipinski definition) is 0. The second kappa shape index (κ2) is 15.4. The normalized spacial score (nSPS) is 10.8. The number of halogens is 3. The van der Waals surface area contributed by atoms with Gasteiger partial charge in [0.2, 0.25) is 0 Å². The third kappa shape index (κ3) is 11.9. The van der Waals surface area contributed by atoms with Gasteiger partial charge in [0.15, 0.2) is 0 Å². The molecule has 0 aliphatic carbocycles. The summed E-state index contributed by atoms with van der Waals surface area (Å²) in [5.41, 5.74) is -0.300. The lowest BCUT2D eigenvalue weighted by Crippen LogP contribution is -2.10. The van der Waals surface area contributed by atoms with Crippen LogP contribution in [0.5, 0.6) is 0 Å². The van der Waals surface area contributed by atoms with Crippen LogP contribution in [0.1, 0.15) is 83.1 Å². The molecule has 0 bridgehead atoms. The van der Waals surface area contributed by atoms with Crippen LogP contribution in [0.4, 0.5) is 8.78 Å². The SMILES string of the molecule is CCCCCCCCCCOC(=O)CCCC(=O)OCc1c(F)cc(Br)cc1F. The molecule has 0 amide bonds. The fourth-order valence-electron chi connectivity index (χ4n) is 2.81. The Balaban J connectivity index is 2.06. The van der Waals surface area contributed by atoms with E-state index < -0.39 is 24.2 Å². The number of carbonyl (C=O) groups is 2. The van der Waals surface area contributed by atoms with Crippen molar-refractivity contribution in [3.8, 4) is 0 Å². The highest BCUT2D eigenvalue weighted by atomic mass is 79.9. The van der Waals surface area contributed by atoms with Gasteiger partial charge in [-0.3, -0.25) is 9.59 Å². The number of unbranched alkanes of at least 4 members (excludes halogenated alkanes) is 7. The molecule has 0 heterocycles. The van der Waals surface area contributed by atoms with Crippen LogP contribution in [0, 0.1) is 11.6 Å². The van der Waals surface area contributed by atoms with E-state index >= 15 is 0 Å². The fraction of sp³-hybridized carbons (Fsp3) is 0.636. The molecule has 0 aliphatic heterocycles. The van der Waals surface area contributed by atoms with Crippen molar-refractivity contribution in [3.63, 3.8) is 0 Å². The Hall–Kier alpha value is -1.50. The molecule has 0 N–H and O–H groups in total. The van der Waals surface area contributed by atoms with Gasteiger partial charge in [0, 0.05) is 17.3 Å². The summed E-state index contributed by atoms with van der Waals surface area (Å²) in [4.78, 5) is 23.3. The zero-order chi connectivity index (χ0) is 21.5. The lowest BCUT2D eigenvalue weighted by atomic mass is 10.1. The van der Waals surface area contributed by atoms with Gasteiger partial charge in [-0.05, 0) is 25.0 Å². The predicted molar refractivity (Wildman–Crippen MR) is 111 cm³/mol. The number of hydrogen-bond acceptors (Lipinski definition) is 4. The highest BCUT2D eigenvalue weighted by Crippen LogP contribution is 2.20. The van der Waals surface area contributed by atoms with E-state index in [1.165, 1.54) is 32.1 Å². The first-order valence-corrected chi connectivity index (χ1v) is 11.2. The minimum absolute atomic E-state index is 0.00732. The van der Waals surface area contributed by atoms with Crippen molar-refractivity contribution in [2.75, 3.05) is 6.61 Å². The summed E-state index contributed by atoms with van der Waals surface area (Å²) < 4.78 is 37.6. The zero-order valence-corrected chi connectivity index (χ0v) is 18.7. The van der Waals surface area contributed by atoms with Gasteiger partial charge in [0.25, 0.3) is 0 Å². The first-order chi connectivity index (χ1) is 13.9. The van der Waals surface area contributed by atoms with Gasteiger partial charge in [0.05, 0.1) is 12.2 Å². The van der Waals surface area contributed by atoms with Crippen LogP contribution in [0.15, 0.2) is 16.6 Å². The minimum atomic E-state index is -0.783. The standard InChI is InChI=1S/C22H31BrF2O4/c1-2-3-4-5-6-7-8-9-13-28-21(26)11-10-12-22(27)29-16-18-19(24)14-17(23)15-20(18)25/h14-15H,2-13,16H2,1H3. The van der Waals surface area contributed by atoms with Crippen molar-refractivity contribution in [3.05, 3.63) is 33.8 Å². The monoisotopic (exact) mass is 476 g/mol. The van der Waals surface area contributed by atoms with E-state index in [9.17, 15) is 18.4 Å². The van der Waals surface area contributed by atoms with Crippen LogP contribution in [0.25, 0.3) is 0 Å². The summed E-state index contributed by atoms with van der Waals surface area (Å²) in [5.74, 6) is -2.52. The second-order valence-electron chi connectivity index (χ2n) is 7.06. The summed E-state index contributed by atoms with van der Waals surface area (Å²) >= 11 is 2.98. The molecule has 0 spiro atoms. The number of carbonyl (C=O) groups excluding carboxylic acids is 2. The van der Waals surface area contributed by atoms with Crippen molar-refractivity contribution in [2.24, 2.45) is 0 Å². The maximum Gasteiger partial charge on any atom is 0.306 e. The average molecular weight is 477 g/mol. The molecule has 164 valence electrons.